The van der Waals surface area contributed by atoms with E-state index < -0.39 is 23.4 Å². The minimum absolute atomic E-state index is 0.00355. The normalized spacial score (nSPS) is 13.1. The van der Waals surface area contributed by atoms with Crippen molar-refractivity contribution in [2.24, 2.45) is 10.2 Å². The third-order valence-electron chi connectivity index (χ3n) is 7.23. The zero-order valence-electron chi connectivity index (χ0n) is 25.0. The molecule has 0 spiro atoms. The number of aryl methyl sites for hydroxylation is 1. The summed E-state index contributed by atoms with van der Waals surface area (Å²) in [5.41, 5.74) is 9.68. The van der Waals surface area contributed by atoms with Gasteiger partial charge in [-0.05, 0) is 80.8 Å². The van der Waals surface area contributed by atoms with E-state index in [0.717, 1.165) is 12.5 Å². The van der Waals surface area contributed by atoms with Crippen LogP contribution in [0.25, 0.3) is 0 Å². The number of nitrogens with zero attached hydrogens (tertiary/aromatic N) is 3. The summed E-state index contributed by atoms with van der Waals surface area (Å²) >= 11 is 0. The van der Waals surface area contributed by atoms with Gasteiger partial charge >= 0.3 is 0 Å². The molecule has 0 radical (unpaired) electrons. The van der Waals surface area contributed by atoms with E-state index in [1.807, 2.05) is 0 Å². The Hall–Kier alpha value is -5.92. The van der Waals surface area contributed by atoms with E-state index in [2.05, 4.69) is 41.4 Å². The lowest BCUT2D eigenvalue weighted by atomic mass is 10.1. The molecule has 5 rings (SSSR count). The Morgan fingerprint density at radius 3 is 2.52 bits per heavy atom. The van der Waals surface area contributed by atoms with Gasteiger partial charge in [-0.3, -0.25) is 14.4 Å². The molecule has 1 aliphatic heterocycles. The molecule has 0 saturated heterocycles. The molecule has 3 heterocycles. The minimum atomic E-state index is -0.491. The van der Waals surface area contributed by atoms with Crippen molar-refractivity contribution in [3.63, 3.8) is 0 Å². The predicted octanol–water partition coefficient (Wildman–Crippen LogP) is 4.54. The number of carbonyl (C=O) groups excluding carboxylic acids is 3. The number of hydrogen-bond donors (Lipinski definition) is 6. The second kappa shape index (κ2) is 13.8. The Kier molecular flexibility index (Phi) is 9.45. The number of halogens is 2. The minimum Gasteiger partial charge on any atom is -0.397 e. The van der Waals surface area contributed by atoms with Crippen LogP contribution in [0.2, 0.25) is 0 Å². The molecule has 2 aromatic carbocycles. The van der Waals surface area contributed by atoms with Crippen molar-refractivity contribution in [2.75, 3.05) is 34.8 Å². The summed E-state index contributed by atoms with van der Waals surface area (Å²) < 4.78 is 26.9. The molecule has 7 N–H and O–H groups in total. The molecule has 0 unspecified atom stereocenters. The molecule has 46 heavy (non-hydrogen) atoms. The first kappa shape index (κ1) is 31.5. The highest BCUT2D eigenvalue weighted by Gasteiger charge is 2.26. The maximum Gasteiger partial charge on any atom is 0.276 e. The van der Waals surface area contributed by atoms with Crippen LogP contribution in [0, 0.1) is 25.5 Å². The zero-order valence-corrected chi connectivity index (χ0v) is 25.0. The quantitative estimate of drug-likeness (QED) is 0.0615. The number of hydrogen-bond acceptors (Lipinski definition) is 8. The van der Waals surface area contributed by atoms with Crippen molar-refractivity contribution in [2.45, 2.75) is 26.7 Å². The molecular formula is C32H31F2N9O3. The van der Waals surface area contributed by atoms with Gasteiger partial charge < -0.3 is 32.0 Å². The van der Waals surface area contributed by atoms with Crippen LogP contribution in [-0.4, -0.2) is 52.7 Å². The average molecular weight is 628 g/mol. The number of nitrogens with one attached hydrogen (secondary N) is 5. The first-order valence-corrected chi connectivity index (χ1v) is 14.4. The van der Waals surface area contributed by atoms with Gasteiger partial charge in [-0.15, -0.1) is 5.10 Å². The number of aromatic nitrogens is 2. The van der Waals surface area contributed by atoms with E-state index in [4.69, 9.17) is 5.73 Å². The fourth-order valence-corrected chi connectivity index (χ4v) is 4.84. The molecule has 4 aromatic rings. The second-order valence-corrected chi connectivity index (χ2v) is 10.5. The number of carbonyl (C=O) groups is 3. The Balaban J connectivity index is 1.06. The summed E-state index contributed by atoms with van der Waals surface area (Å²) in [7, 11) is 0. The van der Waals surface area contributed by atoms with Gasteiger partial charge in [0.2, 0.25) is 0 Å². The SMILES string of the molecule is Cc1[nH]c(/C=N/N=C2\C(=O)Nc3ccc(F)cc32)c(C)c1C(=O)NCCCCNc1ccc(C(=O)Nc2ccc(F)cc2N)cn1. The highest BCUT2D eigenvalue weighted by molar-refractivity contribution is 6.53. The predicted molar refractivity (Wildman–Crippen MR) is 172 cm³/mol. The van der Waals surface area contributed by atoms with E-state index in [0.29, 0.717) is 70.3 Å². The van der Waals surface area contributed by atoms with Crippen LogP contribution in [0.1, 0.15) is 56.1 Å². The Bertz CT molecular complexity index is 1870. The number of benzene rings is 2. The molecule has 0 aliphatic carbocycles. The summed E-state index contributed by atoms with van der Waals surface area (Å²) in [6.07, 6.45) is 4.29. The van der Waals surface area contributed by atoms with Crippen LogP contribution in [0.15, 0.2) is 64.9 Å². The average Bonchev–Trinajstić information content (AvgIpc) is 3.49. The van der Waals surface area contributed by atoms with Crippen molar-refractivity contribution in [3.8, 4) is 0 Å². The number of pyridine rings is 1. The fourth-order valence-electron chi connectivity index (χ4n) is 4.84. The maximum atomic E-state index is 13.6. The van der Waals surface area contributed by atoms with Crippen LogP contribution in [0.4, 0.5) is 31.7 Å². The fraction of sp³-hybridized carbons (Fsp3) is 0.188. The Morgan fingerprint density at radius 1 is 1.00 bits per heavy atom. The number of unbranched alkanes of at least 4 members (excludes halogenated alkanes) is 1. The number of nitrogen functional groups attached to an aromatic ring is 1. The van der Waals surface area contributed by atoms with E-state index in [1.165, 1.54) is 42.7 Å². The summed E-state index contributed by atoms with van der Waals surface area (Å²) in [5.74, 6) is -1.52. The lowest BCUT2D eigenvalue weighted by Gasteiger charge is -2.09. The standard InChI is InChI=1S/C32H31F2N9O3/c1-17-26(16-39-43-29-22-13-20(33)6-8-24(22)41-32(29)46)40-18(2)28(17)31(45)37-12-4-3-11-36-27-10-5-19(15-38-27)30(44)42-25-9-7-21(34)14-23(25)35/h5-10,13-16,40H,3-4,11-12,35H2,1-2H3,(H,36,38)(H,37,45)(H,42,44)(H,41,43,46)/b39-16+. The number of aromatic amines is 1. The summed E-state index contributed by atoms with van der Waals surface area (Å²) in [6.45, 7) is 4.61. The summed E-state index contributed by atoms with van der Waals surface area (Å²) in [4.78, 5) is 44.9. The molecular weight excluding hydrogens is 596 g/mol. The number of anilines is 4. The summed E-state index contributed by atoms with van der Waals surface area (Å²) in [6, 6.07) is 11.0. The van der Waals surface area contributed by atoms with Crippen molar-refractivity contribution in [1.82, 2.24) is 15.3 Å². The second-order valence-electron chi connectivity index (χ2n) is 10.5. The van der Waals surface area contributed by atoms with E-state index >= 15 is 0 Å². The van der Waals surface area contributed by atoms with Gasteiger partial charge in [0.1, 0.15) is 17.5 Å². The number of rotatable bonds is 11. The van der Waals surface area contributed by atoms with Crippen molar-refractivity contribution in [3.05, 3.63) is 100 Å². The molecule has 0 bridgehead atoms. The molecule has 0 fully saturated rings. The topological polar surface area (TPSA) is 179 Å². The van der Waals surface area contributed by atoms with Gasteiger partial charge in [0, 0.05) is 30.5 Å². The van der Waals surface area contributed by atoms with Crippen LogP contribution < -0.4 is 27.0 Å². The molecule has 2 aromatic heterocycles. The number of nitrogens with two attached hydrogens (primary N) is 1. The van der Waals surface area contributed by atoms with Gasteiger partial charge in [0.15, 0.2) is 5.71 Å². The Morgan fingerprint density at radius 2 is 1.76 bits per heavy atom. The van der Waals surface area contributed by atoms with Gasteiger partial charge in [-0.1, -0.05) is 0 Å². The Labute approximate surface area is 262 Å². The molecule has 0 saturated carbocycles. The maximum absolute atomic E-state index is 13.6. The highest BCUT2D eigenvalue weighted by Crippen LogP contribution is 2.25. The smallest absolute Gasteiger partial charge is 0.276 e. The highest BCUT2D eigenvalue weighted by atomic mass is 19.1. The van der Waals surface area contributed by atoms with Gasteiger partial charge in [0.25, 0.3) is 17.7 Å². The zero-order chi connectivity index (χ0) is 32.8. The number of fused-ring (bicyclic) bond motifs is 1. The molecule has 12 nitrogen and oxygen atoms in total. The first-order chi connectivity index (χ1) is 22.1. The molecule has 1 aliphatic rings. The van der Waals surface area contributed by atoms with Gasteiger partial charge in [-0.2, -0.15) is 5.10 Å². The third-order valence-corrected chi connectivity index (χ3v) is 7.23. The van der Waals surface area contributed by atoms with Crippen molar-refractivity contribution < 1.29 is 23.2 Å². The van der Waals surface area contributed by atoms with Crippen LogP contribution >= 0.6 is 0 Å². The van der Waals surface area contributed by atoms with Crippen LogP contribution in [0.3, 0.4) is 0 Å². The van der Waals surface area contributed by atoms with Crippen LogP contribution in [0.5, 0.6) is 0 Å². The number of H-pyrrole nitrogens is 1. The number of amides is 3. The largest absolute Gasteiger partial charge is 0.397 e. The molecule has 3 amide bonds. The summed E-state index contributed by atoms with van der Waals surface area (Å²) in [5, 5.41) is 19.3. The lowest BCUT2D eigenvalue weighted by Crippen LogP contribution is -2.25. The molecule has 0 atom stereocenters. The van der Waals surface area contributed by atoms with Crippen LogP contribution in [-0.2, 0) is 4.79 Å². The first-order valence-electron chi connectivity index (χ1n) is 14.4. The van der Waals surface area contributed by atoms with Gasteiger partial charge in [0.05, 0.1) is 40.1 Å². The van der Waals surface area contributed by atoms with Crippen molar-refractivity contribution in [1.29, 1.82) is 0 Å². The molecule has 14 heteroatoms. The lowest BCUT2D eigenvalue weighted by molar-refractivity contribution is -0.110. The van der Waals surface area contributed by atoms with E-state index in [-0.39, 0.29) is 17.3 Å². The van der Waals surface area contributed by atoms with Gasteiger partial charge in [-0.25, -0.2) is 13.8 Å². The van der Waals surface area contributed by atoms with E-state index in [9.17, 15) is 23.2 Å². The molecule has 236 valence electrons. The van der Waals surface area contributed by atoms with E-state index in [1.54, 1.807) is 26.0 Å². The third kappa shape index (κ3) is 7.23. The van der Waals surface area contributed by atoms with Crippen molar-refractivity contribution >= 4 is 52.5 Å². The monoisotopic (exact) mass is 627 g/mol.